The lowest BCUT2D eigenvalue weighted by Crippen LogP contribution is -2.55. The molecule has 3 heteroatoms. The van der Waals surface area contributed by atoms with Crippen LogP contribution in [0.2, 0.25) is 0 Å². The van der Waals surface area contributed by atoms with Gasteiger partial charge in [0.05, 0.1) is 0 Å². The molecule has 0 bridgehead atoms. The Balaban J connectivity index is 1.97. The summed E-state index contributed by atoms with van der Waals surface area (Å²) < 4.78 is 0. The van der Waals surface area contributed by atoms with Crippen LogP contribution in [0.3, 0.4) is 0 Å². The van der Waals surface area contributed by atoms with E-state index in [0.717, 1.165) is 13.2 Å². The SMILES string of the molecule is CCN1CCCC2(CNCN2)C1. The van der Waals surface area contributed by atoms with Crippen molar-refractivity contribution >= 4 is 0 Å². The molecule has 2 fully saturated rings. The molecular formula is C9H19N3. The van der Waals surface area contributed by atoms with Gasteiger partial charge in [-0.1, -0.05) is 6.92 Å². The number of nitrogens with one attached hydrogen (secondary N) is 2. The Hall–Kier alpha value is -0.120. The molecule has 3 nitrogen and oxygen atoms in total. The van der Waals surface area contributed by atoms with Crippen LogP contribution in [0, 0.1) is 0 Å². The minimum Gasteiger partial charge on any atom is -0.303 e. The third-order valence-corrected chi connectivity index (χ3v) is 3.15. The first-order valence-corrected chi connectivity index (χ1v) is 5.03. The van der Waals surface area contributed by atoms with Gasteiger partial charge in [0.15, 0.2) is 0 Å². The zero-order valence-electron chi connectivity index (χ0n) is 7.90. The maximum atomic E-state index is 3.58. The monoisotopic (exact) mass is 169 g/mol. The van der Waals surface area contributed by atoms with E-state index in [2.05, 4.69) is 22.5 Å². The standard InChI is InChI=1S/C9H19N3/c1-2-12-5-3-4-9(7-12)6-10-8-11-9/h10-11H,2-8H2,1H3. The molecule has 2 rings (SSSR count). The second kappa shape index (κ2) is 3.32. The summed E-state index contributed by atoms with van der Waals surface area (Å²) in [5, 5.41) is 6.97. The van der Waals surface area contributed by atoms with Crippen molar-refractivity contribution < 1.29 is 0 Å². The molecule has 0 aliphatic carbocycles. The number of piperidine rings is 1. The second-order valence-corrected chi connectivity index (χ2v) is 4.03. The largest absolute Gasteiger partial charge is 0.303 e. The van der Waals surface area contributed by atoms with Crippen LogP contribution in [0.25, 0.3) is 0 Å². The van der Waals surface area contributed by atoms with Crippen molar-refractivity contribution in [3.63, 3.8) is 0 Å². The number of likely N-dealkylation sites (N-methyl/N-ethyl adjacent to an activating group) is 1. The molecule has 1 unspecified atom stereocenters. The topological polar surface area (TPSA) is 27.3 Å². The van der Waals surface area contributed by atoms with Crippen LogP contribution in [-0.2, 0) is 0 Å². The third kappa shape index (κ3) is 1.49. The molecule has 0 amide bonds. The molecular weight excluding hydrogens is 150 g/mol. The van der Waals surface area contributed by atoms with Crippen LogP contribution >= 0.6 is 0 Å². The number of hydrogen-bond donors (Lipinski definition) is 2. The summed E-state index contributed by atoms with van der Waals surface area (Å²) in [5.74, 6) is 0. The van der Waals surface area contributed by atoms with Crippen molar-refractivity contribution in [2.75, 3.05) is 32.8 Å². The summed E-state index contributed by atoms with van der Waals surface area (Å²) in [6, 6.07) is 0. The smallest absolute Gasteiger partial charge is 0.0460 e. The molecule has 2 N–H and O–H groups in total. The van der Waals surface area contributed by atoms with Crippen molar-refractivity contribution in [2.45, 2.75) is 25.3 Å². The lowest BCUT2D eigenvalue weighted by Gasteiger charge is -2.39. The van der Waals surface area contributed by atoms with Crippen LogP contribution in [0.1, 0.15) is 19.8 Å². The van der Waals surface area contributed by atoms with Gasteiger partial charge < -0.3 is 10.2 Å². The van der Waals surface area contributed by atoms with Gasteiger partial charge in [0.2, 0.25) is 0 Å². The van der Waals surface area contributed by atoms with E-state index >= 15 is 0 Å². The maximum Gasteiger partial charge on any atom is 0.0460 e. The average Bonchev–Trinajstić information content (AvgIpc) is 2.53. The number of likely N-dealkylation sites (tertiary alicyclic amines) is 1. The second-order valence-electron chi connectivity index (χ2n) is 4.03. The average molecular weight is 169 g/mol. The van der Waals surface area contributed by atoms with Gasteiger partial charge in [0.1, 0.15) is 0 Å². The van der Waals surface area contributed by atoms with E-state index in [-0.39, 0.29) is 0 Å². The lowest BCUT2D eigenvalue weighted by atomic mass is 9.90. The van der Waals surface area contributed by atoms with E-state index in [9.17, 15) is 0 Å². The van der Waals surface area contributed by atoms with Crippen molar-refractivity contribution in [3.8, 4) is 0 Å². The summed E-state index contributed by atoms with van der Waals surface area (Å²) in [7, 11) is 0. The fourth-order valence-corrected chi connectivity index (χ4v) is 2.40. The van der Waals surface area contributed by atoms with Crippen LogP contribution in [0.15, 0.2) is 0 Å². The van der Waals surface area contributed by atoms with E-state index in [4.69, 9.17) is 0 Å². The van der Waals surface area contributed by atoms with Gasteiger partial charge in [0.25, 0.3) is 0 Å². The van der Waals surface area contributed by atoms with E-state index in [1.165, 1.54) is 32.5 Å². The Bertz CT molecular complexity index is 152. The highest BCUT2D eigenvalue weighted by molar-refractivity contribution is 4.99. The molecule has 12 heavy (non-hydrogen) atoms. The Morgan fingerprint density at radius 3 is 3.08 bits per heavy atom. The van der Waals surface area contributed by atoms with Gasteiger partial charge in [-0.15, -0.1) is 0 Å². The highest BCUT2D eigenvalue weighted by atomic mass is 15.3. The Morgan fingerprint density at radius 1 is 1.50 bits per heavy atom. The van der Waals surface area contributed by atoms with Crippen molar-refractivity contribution in [1.82, 2.24) is 15.5 Å². The molecule has 2 saturated heterocycles. The van der Waals surface area contributed by atoms with Gasteiger partial charge in [0, 0.05) is 25.3 Å². The molecule has 70 valence electrons. The molecule has 0 radical (unpaired) electrons. The highest BCUT2D eigenvalue weighted by Gasteiger charge is 2.36. The molecule has 1 spiro atoms. The summed E-state index contributed by atoms with van der Waals surface area (Å²) in [6.07, 6.45) is 2.69. The van der Waals surface area contributed by atoms with Crippen LogP contribution < -0.4 is 10.6 Å². The maximum absolute atomic E-state index is 3.58. The summed E-state index contributed by atoms with van der Waals surface area (Å²) in [6.45, 7) is 8.13. The predicted octanol–water partition coefficient (Wildman–Crippen LogP) is -0.00880. The Labute approximate surface area is 74.5 Å². The highest BCUT2D eigenvalue weighted by Crippen LogP contribution is 2.22. The van der Waals surface area contributed by atoms with Crippen LogP contribution in [0.4, 0.5) is 0 Å². The van der Waals surface area contributed by atoms with Crippen LogP contribution in [-0.4, -0.2) is 43.3 Å². The summed E-state index contributed by atoms with van der Waals surface area (Å²) in [4.78, 5) is 2.55. The van der Waals surface area contributed by atoms with Crippen molar-refractivity contribution in [3.05, 3.63) is 0 Å². The molecule has 0 aromatic carbocycles. The fraction of sp³-hybridized carbons (Fsp3) is 1.00. The molecule has 2 aliphatic rings. The van der Waals surface area contributed by atoms with E-state index in [1.807, 2.05) is 0 Å². The molecule has 2 aliphatic heterocycles. The lowest BCUT2D eigenvalue weighted by molar-refractivity contribution is 0.149. The van der Waals surface area contributed by atoms with Gasteiger partial charge in [-0.3, -0.25) is 5.32 Å². The molecule has 0 aromatic heterocycles. The van der Waals surface area contributed by atoms with Crippen LogP contribution in [0.5, 0.6) is 0 Å². The summed E-state index contributed by atoms with van der Waals surface area (Å²) >= 11 is 0. The minimum absolute atomic E-state index is 0.411. The molecule has 0 saturated carbocycles. The minimum atomic E-state index is 0.411. The zero-order chi connectivity index (χ0) is 8.44. The van der Waals surface area contributed by atoms with Gasteiger partial charge in [-0.05, 0) is 25.9 Å². The first kappa shape index (κ1) is 8.48. The van der Waals surface area contributed by atoms with E-state index in [1.54, 1.807) is 0 Å². The first-order valence-electron chi connectivity index (χ1n) is 5.03. The van der Waals surface area contributed by atoms with Gasteiger partial charge in [-0.25, -0.2) is 0 Å². The first-order chi connectivity index (χ1) is 5.85. The van der Waals surface area contributed by atoms with E-state index in [0.29, 0.717) is 5.54 Å². The molecule has 1 atom stereocenters. The zero-order valence-corrected chi connectivity index (χ0v) is 7.90. The fourth-order valence-electron chi connectivity index (χ4n) is 2.40. The molecule has 2 heterocycles. The Morgan fingerprint density at radius 2 is 2.42 bits per heavy atom. The quantitative estimate of drug-likeness (QED) is 0.578. The van der Waals surface area contributed by atoms with Gasteiger partial charge in [-0.2, -0.15) is 0 Å². The predicted molar refractivity (Wildman–Crippen MR) is 50.1 cm³/mol. The number of nitrogens with zero attached hydrogens (tertiary/aromatic N) is 1. The van der Waals surface area contributed by atoms with Gasteiger partial charge >= 0.3 is 0 Å². The summed E-state index contributed by atoms with van der Waals surface area (Å²) in [5.41, 5.74) is 0.411. The van der Waals surface area contributed by atoms with E-state index < -0.39 is 0 Å². The molecule has 0 aromatic rings. The van der Waals surface area contributed by atoms with Crippen molar-refractivity contribution in [2.24, 2.45) is 0 Å². The third-order valence-electron chi connectivity index (χ3n) is 3.15. The normalized spacial score (nSPS) is 37.8. The Kier molecular flexibility index (Phi) is 2.35. The van der Waals surface area contributed by atoms with Crippen molar-refractivity contribution in [1.29, 1.82) is 0 Å². The number of rotatable bonds is 1. The number of hydrogen-bond acceptors (Lipinski definition) is 3.